The fourth-order valence-electron chi connectivity index (χ4n) is 2.28. The Bertz CT molecular complexity index is 220. The first-order chi connectivity index (χ1) is 7.10. The van der Waals surface area contributed by atoms with E-state index >= 15 is 0 Å². The summed E-state index contributed by atoms with van der Waals surface area (Å²) in [6.07, 6.45) is 2.00. The molecule has 4 heteroatoms. The number of nitrogens with one attached hydrogen (secondary N) is 1. The van der Waals surface area contributed by atoms with Gasteiger partial charge in [0.1, 0.15) is 0 Å². The number of amides is 1. The molecule has 0 aliphatic carbocycles. The Morgan fingerprint density at radius 3 is 2.67 bits per heavy atom. The molecule has 0 spiro atoms. The number of likely N-dealkylation sites (tertiary alicyclic amines) is 1. The predicted octanol–water partition coefficient (Wildman–Crippen LogP) is 0.733. The molecule has 1 amide bonds. The molecule has 3 unspecified atom stereocenters. The number of nitrogens with zero attached hydrogens (tertiary/aromatic N) is 1. The van der Waals surface area contributed by atoms with Crippen LogP contribution in [0.4, 0.5) is 0 Å². The van der Waals surface area contributed by atoms with E-state index in [1.807, 2.05) is 6.92 Å². The number of hydrogen-bond acceptors (Lipinski definition) is 3. The van der Waals surface area contributed by atoms with Gasteiger partial charge < -0.3 is 0 Å². The average Bonchev–Trinajstić information content (AvgIpc) is 2.24. The molecule has 1 rings (SSSR count). The third kappa shape index (κ3) is 2.92. The first-order valence-corrected chi connectivity index (χ1v) is 5.84. The number of nitrogens with two attached hydrogens (primary N) is 1. The minimum absolute atomic E-state index is 0.0510. The second-order valence-corrected chi connectivity index (χ2v) is 4.67. The quantitative estimate of drug-likeness (QED) is 0.413. The molecule has 1 aliphatic heterocycles. The van der Waals surface area contributed by atoms with Crippen LogP contribution in [0.25, 0.3) is 0 Å². The van der Waals surface area contributed by atoms with Crippen LogP contribution in [0.5, 0.6) is 0 Å². The number of hydrazine groups is 1. The zero-order valence-electron chi connectivity index (χ0n) is 9.99. The van der Waals surface area contributed by atoms with Gasteiger partial charge in [0.05, 0.1) is 6.04 Å². The number of rotatable bonds is 3. The first kappa shape index (κ1) is 12.5. The van der Waals surface area contributed by atoms with Crippen molar-refractivity contribution in [3.8, 4) is 0 Å². The van der Waals surface area contributed by atoms with Crippen LogP contribution < -0.4 is 11.3 Å². The lowest BCUT2D eigenvalue weighted by Crippen LogP contribution is -2.52. The molecule has 3 N–H and O–H groups in total. The van der Waals surface area contributed by atoms with E-state index in [1.165, 1.54) is 6.42 Å². The van der Waals surface area contributed by atoms with Crippen LogP contribution in [0.15, 0.2) is 0 Å². The van der Waals surface area contributed by atoms with E-state index < -0.39 is 0 Å². The second-order valence-electron chi connectivity index (χ2n) is 4.67. The maximum absolute atomic E-state index is 11.6. The molecule has 15 heavy (non-hydrogen) atoms. The third-order valence-corrected chi connectivity index (χ3v) is 3.64. The Morgan fingerprint density at radius 1 is 1.53 bits per heavy atom. The molecule has 1 saturated heterocycles. The smallest absolute Gasteiger partial charge is 0.251 e. The molecular formula is C11H23N3O. The molecule has 0 saturated carbocycles. The fraction of sp³-hybridized carbons (Fsp3) is 0.909. The summed E-state index contributed by atoms with van der Waals surface area (Å²) in [6, 6.07) is -0.0510. The Balaban J connectivity index is 2.58. The Morgan fingerprint density at radius 2 is 2.20 bits per heavy atom. The summed E-state index contributed by atoms with van der Waals surface area (Å²) in [5, 5.41) is 0. The van der Waals surface area contributed by atoms with Crippen molar-refractivity contribution in [3.05, 3.63) is 0 Å². The van der Waals surface area contributed by atoms with Gasteiger partial charge in [0.15, 0.2) is 0 Å². The van der Waals surface area contributed by atoms with Crippen LogP contribution in [0.1, 0.15) is 33.6 Å². The molecular weight excluding hydrogens is 190 g/mol. The van der Waals surface area contributed by atoms with Crippen molar-refractivity contribution in [2.24, 2.45) is 17.7 Å². The van der Waals surface area contributed by atoms with Gasteiger partial charge in [-0.2, -0.15) is 0 Å². The van der Waals surface area contributed by atoms with E-state index in [0.29, 0.717) is 5.92 Å². The van der Waals surface area contributed by atoms with Crippen LogP contribution in [-0.4, -0.2) is 29.9 Å². The lowest BCUT2D eigenvalue weighted by Gasteiger charge is -2.38. The maximum atomic E-state index is 11.6. The van der Waals surface area contributed by atoms with Crippen molar-refractivity contribution in [1.29, 1.82) is 0 Å². The summed E-state index contributed by atoms with van der Waals surface area (Å²) in [4.78, 5) is 13.8. The first-order valence-electron chi connectivity index (χ1n) is 5.84. The van der Waals surface area contributed by atoms with E-state index in [1.54, 1.807) is 0 Å². The van der Waals surface area contributed by atoms with Crippen molar-refractivity contribution in [2.75, 3.05) is 13.1 Å². The zero-order valence-corrected chi connectivity index (χ0v) is 9.99. The number of carbonyl (C=O) groups excluding carboxylic acids is 1. The molecule has 0 aromatic rings. The van der Waals surface area contributed by atoms with Crippen molar-refractivity contribution < 1.29 is 4.79 Å². The van der Waals surface area contributed by atoms with Gasteiger partial charge >= 0.3 is 0 Å². The Hall–Kier alpha value is -0.610. The number of carbonyl (C=O) groups is 1. The molecule has 0 aromatic carbocycles. The Labute approximate surface area is 92.2 Å². The van der Waals surface area contributed by atoms with Crippen LogP contribution in [0, 0.1) is 11.8 Å². The van der Waals surface area contributed by atoms with Crippen LogP contribution >= 0.6 is 0 Å². The summed E-state index contributed by atoms with van der Waals surface area (Å²) in [5.41, 5.74) is 2.26. The molecule has 0 bridgehead atoms. The SMILES string of the molecule is CCC(C(=O)NN)N1CCC(C)C(C)C1. The van der Waals surface area contributed by atoms with Gasteiger partial charge in [-0.15, -0.1) is 0 Å². The van der Waals surface area contributed by atoms with Gasteiger partial charge in [-0.3, -0.25) is 15.1 Å². The average molecular weight is 213 g/mol. The summed E-state index contributed by atoms with van der Waals surface area (Å²) in [5.74, 6) is 6.56. The third-order valence-electron chi connectivity index (χ3n) is 3.64. The van der Waals surface area contributed by atoms with Crippen molar-refractivity contribution in [1.82, 2.24) is 10.3 Å². The standard InChI is InChI=1S/C11H23N3O/c1-4-10(11(15)13-12)14-6-5-8(2)9(3)7-14/h8-10H,4-7,12H2,1-3H3,(H,13,15). The van der Waals surface area contributed by atoms with Crippen LogP contribution in [-0.2, 0) is 4.79 Å². The van der Waals surface area contributed by atoms with E-state index in [-0.39, 0.29) is 11.9 Å². The van der Waals surface area contributed by atoms with E-state index in [2.05, 4.69) is 24.2 Å². The van der Waals surface area contributed by atoms with E-state index in [0.717, 1.165) is 25.4 Å². The number of piperidine rings is 1. The van der Waals surface area contributed by atoms with Crippen molar-refractivity contribution in [3.63, 3.8) is 0 Å². The molecule has 0 aromatic heterocycles. The highest BCUT2D eigenvalue weighted by molar-refractivity contribution is 5.81. The van der Waals surface area contributed by atoms with Gasteiger partial charge in [-0.05, 0) is 31.2 Å². The molecule has 4 nitrogen and oxygen atoms in total. The van der Waals surface area contributed by atoms with Crippen molar-refractivity contribution in [2.45, 2.75) is 39.7 Å². The van der Waals surface area contributed by atoms with Gasteiger partial charge in [0, 0.05) is 6.54 Å². The summed E-state index contributed by atoms with van der Waals surface area (Å²) < 4.78 is 0. The van der Waals surface area contributed by atoms with Gasteiger partial charge in [-0.25, -0.2) is 5.84 Å². The molecule has 3 atom stereocenters. The minimum atomic E-state index is -0.0562. The summed E-state index contributed by atoms with van der Waals surface area (Å²) in [7, 11) is 0. The molecule has 1 fully saturated rings. The molecule has 1 heterocycles. The van der Waals surface area contributed by atoms with Gasteiger partial charge in [0.2, 0.25) is 0 Å². The van der Waals surface area contributed by atoms with Gasteiger partial charge in [0.25, 0.3) is 5.91 Å². The highest BCUT2D eigenvalue weighted by Crippen LogP contribution is 2.24. The predicted molar refractivity (Wildman–Crippen MR) is 60.9 cm³/mol. The lowest BCUT2D eigenvalue weighted by atomic mass is 9.87. The monoisotopic (exact) mass is 213 g/mol. The second kappa shape index (κ2) is 5.47. The topological polar surface area (TPSA) is 58.4 Å². The molecule has 88 valence electrons. The normalized spacial score (nSPS) is 29.9. The lowest BCUT2D eigenvalue weighted by molar-refractivity contribution is -0.127. The largest absolute Gasteiger partial charge is 0.293 e. The summed E-state index contributed by atoms with van der Waals surface area (Å²) >= 11 is 0. The van der Waals surface area contributed by atoms with E-state index in [9.17, 15) is 4.79 Å². The highest BCUT2D eigenvalue weighted by atomic mass is 16.2. The van der Waals surface area contributed by atoms with Crippen molar-refractivity contribution >= 4 is 5.91 Å². The van der Waals surface area contributed by atoms with E-state index in [4.69, 9.17) is 5.84 Å². The Kier molecular flexibility index (Phi) is 4.54. The summed E-state index contributed by atoms with van der Waals surface area (Å²) in [6.45, 7) is 8.59. The van der Waals surface area contributed by atoms with Crippen LogP contribution in [0.3, 0.4) is 0 Å². The molecule has 1 aliphatic rings. The zero-order chi connectivity index (χ0) is 11.4. The molecule has 0 radical (unpaired) electrons. The van der Waals surface area contributed by atoms with Crippen LogP contribution in [0.2, 0.25) is 0 Å². The minimum Gasteiger partial charge on any atom is -0.293 e. The highest BCUT2D eigenvalue weighted by Gasteiger charge is 2.30. The maximum Gasteiger partial charge on any atom is 0.251 e. The fourth-order valence-corrected chi connectivity index (χ4v) is 2.28. The number of hydrogen-bond donors (Lipinski definition) is 2. The van der Waals surface area contributed by atoms with Gasteiger partial charge in [-0.1, -0.05) is 20.8 Å².